The first-order valence-electron chi connectivity index (χ1n) is 7.82. The Morgan fingerprint density at radius 3 is 2.79 bits per heavy atom. The Bertz CT molecular complexity index is 773. The van der Waals surface area contributed by atoms with Crippen molar-refractivity contribution in [2.75, 3.05) is 14.2 Å². The van der Waals surface area contributed by atoms with Crippen LogP contribution in [0.4, 0.5) is 0 Å². The van der Waals surface area contributed by atoms with Crippen LogP contribution in [0.5, 0.6) is 5.75 Å². The highest BCUT2D eigenvalue weighted by atomic mass is 16.5. The van der Waals surface area contributed by atoms with E-state index >= 15 is 0 Å². The molecule has 0 spiro atoms. The molecule has 0 fully saturated rings. The summed E-state index contributed by atoms with van der Waals surface area (Å²) in [7, 11) is 3.76. The van der Waals surface area contributed by atoms with E-state index in [1.165, 1.54) is 0 Å². The summed E-state index contributed by atoms with van der Waals surface area (Å²) in [5, 5.41) is 4.35. The van der Waals surface area contributed by atoms with Gasteiger partial charge in [0.2, 0.25) is 0 Å². The van der Waals surface area contributed by atoms with Crippen molar-refractivity contribution in [1.82, 2.24) is 24.6 Å². The van der Waals surface area contributed by atoms with Gasteiger partial charge in [0.25, 0.3) is 0 Å². The minimum absolute atomic E-state index is 0.171. The molecule has 0 unspecified atom stereocenters. The van der Waals surface area contributed by atoms with Gasteiger partial charge in [-0.05, 0) is 49.9 Å². The topological polar surface area (TPSA) is 56.1 Å². The quantitative estimate of drug-likeness (QED) is 0.698. The number of hydrogen-bond donors (Lipinski definition) is 0. The molecular weight excluding hydrogens is 302 g/mol. The first kappa shape index (κ1) is 16.1. The Balaban J connectivity index is 1.88. The zero-order valence-electron chi connectivity index (χ0n) is 14.1. The second-order valence-electron chi connectivity index (χ2n) is 5.67. The van der Waals surface area contributed by atoms with Crippen LogP contribution in [-0.2, 0) is 6.54 Å². The van der Waals surface area contributed by atoms with E-state index < -0.39 is 0 Å². The molecule has 0 aliphatic carbocycles. The molecular formula is C18H21N5O. The van der Waals surface area contributed by atoms with Gasteiger partial charge in [0.1, 0.15) is 12.1 Å². The van der Waals surface area contributed by atoms with Crippen LogP contribution in [0.15, 0.2) is 55.2 Å². The number of benzene rings is 1. The first-order valence-corrected chi connectivity index (χ1v) is 7.82. The molecule has 0 aliphatic rings. The number of nitrogens with zero attached hydrogens (tertiary/aromatic N) is 5. The Hall–Kier alpha value is -2.73. The molecule has 6 nitrogen and oxygen atoms in total. The van der Waals surface area contributed by atoms with Crippen molar-refractivity contribution in [3.8, 4) is 11.4 Å². The average molecular weight is 323 g/mol. The Kier molecular flexibility index (Phi) is 4.86. The monoisotopic (exact) mass is 323 g/mol. The van der Waals surface area contributed by atoms with E-state index in [1.807, 2.05) is 35.1 Å². The van der Waals surface area contributed by atoms with Gasteiger partial charge in [-0.25, -0.2) is 14.6 Å². The summed E-state index contributed by atoms with van der Waals surface area (Å²) in [5.41, 5.74) is 3.18. The van der Waals surface area contributed by atoms with Crippen LogP contribution in [0.2, 0.25) is 0 Å². The van der Waals surface area contributed by atoms with E-state index in [-0.39, 0.29) is 6.04 Å². The molecule has 1 aromatic carbocycles. The summed E-state index contributed by atoms with van der Waals surface area (Å²) in [5.74, 6) is 0.837. The summed E-state index contributed by atoms with van der Waals surface area (Å²) in [6.45, 7) is 2.88. The zero-order chi connectivity index (χ0) is 16.9. The van der Waals surface area contributed by atoms with Crippen molar-refractivity contribution in [2.24, 2.45) is 0 Å². The largest absolute Gasteiger partial charge is 0.497 e. The Labute approximate surface area is 141 Å². The molecule has 0 radical (unpaired) electrons. The third-order valence-corrected chi connectivity index (χ3v) is 4.15. The Morgan fingerprint density at radius 2 is 2.12 bits per heavy atom. The predicted molar refractivity (Wildman–Crippen MR) is 92.0 cm³/mol. The lowest BCUT2D eigenvalue weighted by atomic mass is 10.1. The van der Waals surface area contributed by atoms with Gasteiger partial charge in [-0.1, -0.05) is 0 Å². The van der Waals surface area contributed by atoms with E-state index in [0.29, 0.717) is 0 Å². The molecule has 0 N–H and O–H groups in total. The van der Waals surface area contributed by atoms with Crippen LogP contribution in [0.3, 0.4) is 0 Å². The van der Waals surface area contributed by atoms with Crippen molar-refractivity contribution in [3.05, 3.63) is 66.5 Å². The first-order chi connectivity index (χ1) is 11.7. The van der Waals surface area contributed by atoms with E-state index in [4.69, 9.17) is 4.74 Å². The fourth-order valence-electron chi connectivity index (χ4n) is 2.63. The molecule has 24 heavy (non-hydrogen) atoms. The molecule has 0 saturated carbocycles. The van der Waals surface area contributed by atoms with Crippen molar-refractivity contribution >= 4 is 0 Å². The van der Waals surface area contributed by atoms with Gasteiger partial charge in [-0.2, -0.15) is 5.10 Å². The van der Waals surface area contributed by atoms with Crippen LogP contribution in [0.25, 0.3) is 5.69 Å². The highest BCUT2D eigenvalue weighted by Crippen LogP contribution is 2.25. The number of ether oxygens (including phenoxy) is 1. The molecule has 2 aromatic heterocycles. The van der Waals surface area contributed by atoms with Crippen LogP contribution in [0.1, 0.15) is 24.2 Å². The molecule has 0 aliphatic heterocycles. The second-order valence-corrected chi connectivity index (χ2v) is 5.67. The number of hydrogen-bond acceptors (Lipinski definition) is 5. The lowest BCUT2D eigenvalue weighted by Crippen LogP contribution is -2.23. The lowest BCUT2D eigenvalue weighted by molar-refractivity contribution is 0.248. The van der Waals surface area contributed by atoms with Gasteiger partial charge in [-0.15, -0.1) is 0 Å². The number of rotatable bonds is 6. The third-order valence-electron chi connectivity index (χ3n) is 4.15. The van der Waals surface area contributed by atoms with E-state index in [0.717, 1.165) is 29.2 Å². The Morgan fingerprint density at radius 1 is 1.25 bits per heavy atom. The molecule has 124 valence electrons. The van der Waals surface area contributed by atoms with E-state index in [1.54, 1.807) is 25.8 Å². The molecule has 3 aromatic rings. The fraction of sp³-hybridized carbons (Fsp3) is 0.278. The van der Waals surface area contributed by atoms with Crippen LogP contribution in [-0.4, -0.2) is 38.8 Å². The summed E-state index contributed by atoms with van der Waals surface area (Å²) in [6.07, 6.45) is 7.08. The molecule has 1 atom stereocenters. The summed E-state index contributed by atoms with van der Waals surface area (Å²) < 4.78 is 7.26. The van der Waals surface area contributed by atoms with Crippen LogP contribution >= 0.6 is 0 Å². The standard InChI is InChI=1S/C18H21N5O/c1-14(17-7-9-19-13-20-17)22(2)12-15-11-16(24-3)5-6-18(15)23-10-4-8-21-23/h4-11,13-14H,12H2,1-3H3/t14-/m1/s1. The maximum atomic E-state index is 5.39. The van der Waals surface area contributed by atoms with Gasteiger partial charge in [0.05, 0.1) is 18.5 Å². The van der Waals surface area contributed by atoms with E-state index in [2.05, 4.69) is 40.0 Å². The van der Waals surface area contributed by atoms with Crippen molar-refractivity contribution in [1.29, 1.82) is 0 Å². The number of aromatic nitrogens is 4. The molecule has 2 heterocycles. The SMILES string of the molecule is COc1ccc(-n2cccn2)c(CN(C)[C@H](C)c2ccncn2)c1. The highest BCUT2D eigenvalue weighted by molar-refractivity contribution is 5.45. The van der Waals surface area contributed by atoms with Crippen molar-refractivity contribution in [2.45, 2.75) is 19.5 Å². The summed E-state index contributed by atoms with van der Waals surface area (Å²) in [4.78, 5) is 10.6. The summed E-state index contributed by atoms with van der Waals surface area (Å²) >= 11 is 0. The second kappa shape index (κ2) is 7.23. The van der Waals surface area contributed by atoms with Gasteiger partial charge in [-0.3, -0.25) is 4.90 Å². The third kappa shape index (κ3) is 3.44. The van der Waals surface area contributed by atoms with Crippen LogP contribution in [0, 0.1) is 0 Å². The normalized spacial score (nSPS) is 12.3. The molecule has 0 amide bonds. The van der Waals surface area contributed by atoms with Crippen molar-refractivity contribution in [3.63, 3.8) is 0 Å². The molecule has 6 heteroatoms. The minimum atomic E-state index is 0.171. The maximum Gasteiger partial charge on any atom is 0.119 e. The fourth-order valence-corrected chi connectivity index (χ4v) is 2.63. The van der Waals surface area contributed by atoms with Gasteiger partial charge in [0, 0.05) is 31.2 Å². The van der Waals surface area contributed by atoms with E-state index in [9.17, 15) is 0 Å². The van der Waals surface area contributed by atoms with Gasteiger partial charge < -0.3 is 4.74 Å². The predicted octanol–water partition coefficient (Wildman–Crippen LogP) is 2.86. The number of methoxy groups -OCH3 is 1. The van der Waals surface area contributed by atoms with Gasteiger partial charge >= 0.3 is 0 Å². The maximum absolute atomic E-state index is 5.39. The summed E-state index contributed by atoms with van der Waals surface area (Å²) in [6, 6.07) is 10.1. The lowest BCUT2D eigenvalue weighted by Gasteiger charge is -2.25. The molecule has 3 rings (SSSR count). The van der Waals surface area contributed by atoms with Crippen LogP contribution < -0.4 is 4.74 Å². The average Bonchev–Trinajstić information content (AvgIpc) is 3.16. The minimum Gasteiger partial charge on any atom is -0.497 e. The molecule has 0 bridgehead atoms. The zero-order valence-corrected chi connectivity index (χ0v) is 14.1. The smallest absolute Gasteiger partial charge is 0.119 e. The highest BCUT2D eigenvalue weighted by Gasteiger charge is 2.16. The molecule has 0 saturated heterocycles. The van der Waals surface area contributed by atoms with Gasteiger partial charge in [0.15, 0.2) is 0 Å². The van der Waals surface area contributed by atoms with Crippen molar-refractivity contribution < 1.29 is 4.74 Å².